The van der Waals surface area contributed by atoms with Crippen molar-refractivity contribution in [2.45, 2.75) is 134 Å². The zero-order chi connectivity index (χ0) is 23.4. The Morgan fingerprint density at radius 3 is 2.00 bits per heavy atom. The Morgan fingerprint density at radius 2 is 1.41 bits per heavy atom. The first-order chi connectivity index (χ1) is 15.6. The highest BCUT2D eigenvalue weighted by atomic mass is 16.6. The molecule has 0 aromatic rings. The number of carbonyl (C=O) groups is 4. The molecule has 3 unspecified atom stereocenters. The van der Waals surface area contributed by atoms with E-state index < -0.39 is 6.10 Å². The van der Waals surface area contributed by atoms with E-state index in [0.717, 1.165) is 19.3 Å². The summed E-state index contributed by atoms with van der Waals surface area (Å²) in [6.45, 7) is 2.63. The molecule has 7 nitrogen and oxygen atoms in total. The van der Waals surface area contributed by atoms with Gasteiger partial charge in [0.25, 0.3) is 6.47 Å². The molecule has 0 bridgehead atoms. The maximum atomic E-state index is 12.2. The van der Waals surface area contributed by atoms with Crippen LogP contribution in [0.15, 0.2) is 0 Å². The van der Waals surface area contributed by atoms with E-state index in [1.807, 2.05) is 0 Å². The summed E-state index contributed by atoms with van der Waals surface area (Å²) in [5.41, 5.74) is 0. The summed E-state index contributed by atoms with van der Waals surface area (Å²) in [5.74, 6) is -0.455. The first-order valence-corrected chi connectivity index (χ1v) is 12.6. The number of nitrogens with one attached hydrogen (secondary N) is 1. The van der Waals surface area contributed by atoms with Crippen molar-refractivity contribution in [3.8, 4) is 0 Å². The highest BCUT2D eigenvalue weighted by Gasteiger charge is 2.32. The molecule has 1 aliphatic carbocycles. The molecule has 1 rings (SSSR count). The smallest absolute Gasteiger partial charge is 0.306 e. The van der Waals surface area contributed by atoms with Gasteiger partial charge in [0.1, 0.15) is 18.5 Å². The molecule has 0 saturated heterocycles. The topological polar surface area (TPSA) is 98.8 Å². The van der Waals surface area contributed by atoms with Crippen molar-refractivity contribution in [3.05, 3.63) is 0 Å². The van der Waals surface area contributed by atoms with Gasteiger partial charge in [-0.05, 0) is 6.42 Å². The summed E-state index contributed by atoms with van der Waals surface area (Å²) in [5, 5.41) is 2.85. The maximum Gasteiger partial charge on any atom is 0.306 e. The lowest BCUT2D eigenvalue weighted by atomic mass is 9.90. The van der Waals surface area contributed by atoms with Crippen LogP contribution in [0, 0.1) is 0 Å². The van der Waals surface area contributed by atoms with Crippen LogP contribution in [0.3, 0.4) is 0 Å². The van der Waals surface area contributed by atoms with Crippen LogP contribution in [0.1, 0.15) is 116 Å². The van der Waals surface area contributed by atoms with E-state index in [9.17, 15) is 19.2 Å². The SMILES string of the molecule is CCCCCCCCCCCCCC(=O)OC1CC(NC(=O)CCC=O)CC(OC=O)C1. The maximum absolute atomic E-state index is 12.2. The molecular weight excluding hydrogens is 410 g/mol. The fourth-order valence-corrected chi connectivity index (χ4v) is 4.29. The predicted molar refractivity (Wildman–Crippen MR) is 123 cm³/mol. The largest absolute Gasteiger partial charge is 0.464 e. The molecular formula is C25H43NO6. The highest BCUT2D eigenvalue weighted by molar-refractivity contribution is 5.78. The molecule has 0 spiro atoms. The first kappa shape index (κ1) is 28.1. The van der Waals surface area contributed by atoms with Crippen molar-refractivity contribution in [2.75, 3.05) is 0 Å². The van der Waals surface area contributed by atoms with Crippen molar-refractivity contribution in [1.29, 1.82) is 0 Å². The minimum Gasteiger partial charge on any atom is -0.464 e. The Balaban J connectivity index is 2.20. The molecule has 7 heteroatoms. The Hall–Kier alpha value is -1.92. The lowest BCUT2D eigenvalue weighted by Crippen LogP contribution is -2.45. The van der Waals surface area contributed by atoms with Gasteiger partial charge < -0.3 is 19.6 Å². The zero-order valence-corrected chi connectivity index (χ0v) is 19.9. The summed E-state index contributed by atoms with van der Waals surface area (Å²) in [7, 11) is 0. The van der Waals surface area contributed by atoms with Gasteiger partial charge in [0.05, 0.1) is 0 Å². The highest BCUT2D eigenvalue weighted by Crippen LogP contribution is 2.25. The minimum absolute atomic E-state index is 0.127. The number of unbranched alkanes of at least 4 members (excludes halogenated alkanes) is 10. The molecule has 184 valence electrons. The van der Waals surface area contributed by atoms with Gasteiger partial charge in [0.15, 0.2) is 0 Å². The molecule has 0 radical (unpaired) electrons. The van der Waals surface area contributed by atoms with Gasteiger partial charge in [-0.25, -0.2) is 0 Å². The Kier molecular flexibility index (Phi) is 16.4. The minimum atomic E-state index is -0.391. The quantitative estimate of drug-likeness (QED) is 0.171. The molecule has 32 heavy (non-hydrogen) atoms. The molecule has 0 heterocycles. The third-order valence-electron chi connectivity index (χ3n) is 6.01. The van der Waals surface area contributed by atoms with Gasteiger partial charge in [-0.15, -0.1) is 0 Å². The summed E-state index contributed by atoms with van der Waals surface area (Å²) >= 11 is 0. The van der Waals surface area contributed by atoms with Crippen LogP contribution in [0.25, 0.3) is 0 Å². The first-order valence-electron chi connectivity index (χ1n) is 12.6. The van der Waals surface area contributed by atoms with Gasteiger partial charge in [0, 0.05) is 44.6 Å². The number of amides is 1. The van der Waals surface area contributed by atoms with E-state index in [4.69, 9.17) is 9.47 Å². The van der Waals surface area contributed by atoms with Gasteiger partial charge >= 0.3 is 5.97 Å². The van der Waals surface area contributed by atoms with Crippen LogP contribution in [0.5, 0.6) is 0 Å². The fraction of sp³-hybridized carbons (Fsp3) is 0.840. The third kappa shape index (κ3) is 14.2. The molecule has 3 atom stereocenters. The standard InChI is InChI=1S/C25H43NO6/c1-2-3-4-5-6-7-8-9-10-11-12-15-25(30)32-23-18-21(17-22(19-23)31-20-28)26-24(29)14-13-16-27/h16,20-23H,2-15,17-19H2,1H3,(H,26,29). The van der Waals surface area contributed by atoms with E-state index in [1.54, 1.807) is 0 Å². The van der Waals surface area contributed by atoms with Gasteiger partial charge in [-0.3, -0.25) is 14.4 Å². The third-order valence-corrected chi connectivity index (χ3v) is 6.01. The second-order valence-corrected chi connectivity index (χ2v) is 8.93. The van der Waals surface area contributed by atoms with E-state index in [0.29, 0.717) is 38.4 Å². The van der Waals surface area contributed by atoms with Gasteiger partial charge in [0.2, 0.25) is 5.91 Å². The molecule has 0 aliphatic heterocycles. The summed E-state index contributed by atoms with van der Waals surface area (Å²) in [6.07, 6.45) is 15.5. The van der Waals surface area contributed by atoms with Crippen LogP contribution in [0.2, 0.25) is 0 Å². The zero-order valence-electron chi connectivity index (χ0n) is 19.9. The summed E-state index contributed by atoms with van der Waals surface area (Å²) in [6, 6.07) is -0.243. The second-order valence-electron chi connectivity index (χ2n) is 8.93. The average Bonchev–Trinajstić information content (AvgIpc) is 2.76. The number of carbonyl (C=O) groups excluding carboxylic acids is 4. The van der Waals surface area contributed by atoms with Crippen LogP contribution in [-0.2, 0) is 28.7 Å². The van der Waals surface area contributed by atoms with Crippen molar-refractivity contribution in [1.82, 2.24) is 5.32 Å². The Labute approximate surface area is 193 Å². The molecule has 1 amide bonds. The number of hydrogen-bond acceptors (Lipinski definition) is 6. The van der Waals surface area contributed by atoms with Crippen molar-refractivity contribution in [2.24, 2.45) is 0 Å². The van der Waals surface area contributed by atoms with E-state index in [-0.39, 0.29) is 36.9 Å². The van der Waals surface area contributed by atoms with Crippen molar-refractivity contribution < 1.29 is 28.7 Å². The van der Waals surface area contributed by atoms with Crippen LogP contribution < -0.4 is 5.32 Å². The van der Waals surface area contributed by atoms with Crippen LogP contribution >= 0.6 is 0 Å². The number of esters is 1. The lowest BCUT2D eigenvalue weighted by molar-refractivity contribution is -0.155. The normalized spacial score (nSPS) is 20.3. The number of aldehydes is 1. The fourth-order valence-electron chi connectivity index (χ4n) is 4.29. The Bertz CT molecular complexity index is 539. The van der Waals surface area contributed by atoms with Gasteiger partial charge in [-0.2, -0.15) is 0 Å². The van der Waals surface area contributed by atoms with Crippen LogP contribution in [0.4, 0.5) is 0 Å². The number of rotatable bonds is 19. The van der Waals surface area contributed by atoms with E-state index in [2.05, 4.69) is 12.2 Å². The van der Waals surface area contributed by atoms with E-state index >= 15 is 0 Å². The molecule has 1 saturated carbocycles. The molecule has 0 aromatic carbocycles. The monoisotopic (exact) mass is 453 g/mol. The van der Waals surface area contributed by atoms with Crippen molar-refractivity contribution in [3.63, 3.8) is 0 Å². The number of hydrogen-bond donors (Lipinski definition) is 1. The predicted octanol–water partition coefficient (Wildman–Crippen LogP) is 4.79. The van der Waals surface area contributed by atoms with Crippen LogP contribution in [-0.4, -0.2) is 42.9 Å². The van der Waals surface area contributed by atoms with Gasteiger partial charge in [-0.1, -0.05) is 71.1 Å². The molecule has 1 N–H and O–H groups in total. The average molecular weight is 454 g/mol. The second kappa shape index (κ2) is 18.6. The van der Waals surface area contributed by atoms with E-state index in [1.165, 1.54) is 51.4 Å². The summed E-state index contributed by atoms with van der Waals surface area (Å²) in [4.78, 5) is 45.3. The van der Waals surface area contributed by atoms with Crippen molar-refractivity contribution >= 4 is 24.6 Å². The molecule has 0 aromatic heterocycles. The number of ether oxygens (including phenoxy) is 2. The molecule has 1 aliphatic rings. The Morgan fingerprint density at radius 1 is 0.812 bits per heavy atom. The molecule has 1 fully saturated rings. The lowest BCUT2D eigenvalue weighted by Gasteiger charge is -2.33. The summed E-state index contributed by atoms with van der Waals surface area (Å²) < 4.78 is 10.7.